The number of nitrogens with two attached hydrogens (primary N) is 1. The molecule has 2 aromatic rings. The molecule has 2 heterocycles. The van der Waals surface area contributed by atoms with Crippen molar-refractivity contribution < 1.29 is 14.7 Å². The molecule has 0 bridgehead atoms. The van der Waals surface area contributed by atoms with E-state index in [0.717, 1.165) is 0 Å². The number of carboxylic acid groups (broad SMARTS) is 1. The Kier molecular flexibility index (Phi) is 2.44. The third kappa shape index (κ3) is 1.48. The van der Waals surface area contributed by atoms with Crippen LogP contribution in [0.3, 0.4) is 0 Å². The second kappa shape index (κ2) is 3.93. The van der Waals surface area contributed by atoms with E-state index in [1.807, 2.05) is 0 Å². The standard InChI is InChI=1S/C14H12N2O4/c1-6-4-10(17)7-2-3-9(15)11-12(7)16(6)5-8(13(11)18)14(19)20/h2-3,5-6H,4,15H2,1H3,(H,19,20). The Morgan fingerprint density at radius 2 is 2.10 bits per heavy atom. The fourth-order valence-electron chi connectivity index (χ4n) is 2.71. The van der Waals surface area contributed by atoms with Crippen molar-refractivity contribution in [3.05, 3.63) is 39.7 Å². The van der Waals surface area contributed by atoms with Crippen LogP contribution in [0.15, 0.2) is 23.1 Å². The first kappa shape index (κ1) is 12.4. The van der Waals surface area contributed by atoms with Gasteiger partial charge in [-0.3, -0.25) is 9.59 Å². The molecule has 3 rings (SSSR count). The summed E-state index contributed by atoms with van der Waals surface area (Å²) < 4.78 is 1.66. The van der Waals surface area contributed by atoms with E-state index in [-0.39, 0.29) is 34.9 Å². The van der Waals surface area contributed by atoms with E-state index in [0.29, 0.717) is 11.1 Å². The zero-order valence-electron chi connectivity index (χ0n) is 10.7. The number of hydrogen-bond donors (Lipinski definition) is 2. The molecule has 1 atom stereocenters. The maximum absolute atomic E-state index is 12.3. The monoisotopic (exact) mass is 272 g/mol. The molecule has 102 valence electrons. The number of ketones is 1. The molecule has 0 radical (unpaired) electrons. The third-order valence-electron chi connectivity index (χ3n) is 3.69. The zero-order valence-corrected chi connectivity index (χ0v) is 10.7. The number of aromatic nitrogens is 1. The predicted octanol–water partition coefficient (Wildman–Crippen LogP) is 1.43. The van der Waals surface area contributed by atoms with Crippen LogP contribution in [0, 0.1) is 0 Å². The van der Waals surface area contributed by atoms with Crippen molar-refractivity contribution in [3.8, 4) is 0 Å². The van der Waals surface area contributed by atoms with E-state index in [1.165, 1.54) is 12.3 Å². The number of hydrogen-bond acceptors (Lipinski definition) is 4. The lowest BCUT2D eigenvalue weighted by Crippen LogP contribution is -2.26. The molecule has 0 aliphatic carbocycles. The zero-order chi connectivity index (χ0) is 14.6. The second-order valence-corrected chi connectivity index (χ2v) is 4.99. The molecule has 1 aliphatic heterocycles. The van der Waals surface area contributed by atoms with Crippen LogP contribution < -0.4 is 11.2 Å². The van der Waals surface area contributed by atoms with E-state index in [9.17, 15) is 14.4 Å². The average molecular weight is 272 g/mol. The summed E-state index contributed by atoms with van der Waals surface area (Å²) in [6.07, 6.45) is 1.57. The smallest absolute Gasteiger partial charge is 0.341 e. The van der Waals surface area contributed by atoms with Crippen LogP contribution >= 0.6 is 0 Å². The SMILES string of the molecule is CC1CC(=O)c2ccc(N)c3c(=O)c(C(=O)O)cn1c23. The third-order valence-corrected chi connectivity index (χ3v) is 3.69. The highest BCUT2D eigenvalue weighted by molar-refractivity contribution is 6.11. The lowest BCUT2D eigenvalue weighted by Gasteiger charge is -2.25. The largest absolute Gasteiger partial charge is 0.477 e. The van der Waals surface area contributed by atoms with Gasteiger partial charge in [0.15, 0.2) is 5.78 Å². The molecule has 0 fully saturated rings. The number of nitrogens with zero attached hydrogens (tertiary/aromatic N) is 1. The normalized spacial score (nSPS) is 17.4. The van der Waals surface area contributed by atoms with Gasteiger partial charge in [-0.15, -0.1) is 0 Å². The molecule has 1 unspecified atom stereocenters. The Hall–Kier alpha value is -2.63. The summed E-state index contributed by atoms with van der Waals surface area (Å²) in [6, 6.07) is 2.85. The van der Waals surface area contributed by atoms with E-state index in [1.54, 1.807) is 17.6 Å². The molecule has 20 heavy (non-hydrogen) atoms. The minimum Gasteiger partial charge on any atom is -0.477 e. The van der Waals surface area contributed by atoms with Crippen LogP contribution in [0.5, 0.6) is 0 Å². The fourth-order valence-corrected chi connectivity index (χ4v) is 2.71. The number of aromatic carboxylic acids is 1. The Bertz CT molecular complexity index is 835. The van der Waals surface area contributed by atoms with Crippen molar-refractivity contribution in [3.63, 3.8) is 0 Å². The fraction of sp³-hybridized carbons (Fsp3) is 0.214. The minimum atomic E-state index is -1.30. The minimum absolute atomic E-state index is 0.0648. The first-order chi connectivity index (χ1) is 9.41. The molecule has 0 saturated carbocycles. The van der Waals surface area contributed by atoms with Crippen LogP contribution in [0.25, 0.3) is 10.9 Å². The number of benzene rings is 1. The summed E-state index contributed by atoms with van der Waals surface area (Å²) in [7, 11) is 0. The maximum Gasteiger partial charge on any atom is 0.341 e. The summed E-state index contributed by atoms with van der Waals surface area (Å²) in [6.45, 7) is 1.81. The van der Waals surface area contributed by atoms with Gasteiger partial charge in [0, 0.05) is 29.9 Å². The molecular formula is C14H12N2O4. The molecule has 0 saturated heterocycles. The van der Waals surface area contributed by atoms with E-state index in [2.05, 4.69) is 0 Å². The van der Waals surface area contributed by atoms with Crippen LogP contribution in [0.4, 0.5) is 5.69 Å². The van der Waals surface area contributed by atoms with Crippen LogP contribution in [-0.2, 0) is 0 Å². The average Bonchev–Trinajstić information content (AvgIpc) is 2.37. The maximum atomic E-state index is 12.3. The van der Waals surface area contributed by atoms with Gasteiger partial charge in [0.25, 0.3) is 0 Å². The quantitative estimate of drug-likeness (QED) is 0.764. The Morgan fingerprint density at radius 1 is 1.40 bits per heavy atom. The van der Waals surface area contributed by atoms with Gasteiger partial charge in [0.1, 0.15) is 5.56 Å². The summed E-state index contributed by atoms with van der Waals surface area (Å²) in [5.41, 5.74) is 5.88. The van der Waals surface area contributed by atoms with Crippen molar-refractivity contribution in [2.24, 2.45) is 0 Å². The highest BCUT2D eigenvalue weighted by Gasteiger charge is 2.27. The summed E-state index contributed by atoms with van der Waals surface area (Å²) in [4.78, 5) is 35.5. The van der Waals surface area contributed by atoms with Crippen LogP contribution in [-0.4, -0.2) is 21.4 Å². The molecule has 3 N–H and O–H groups in total. The summed E-state index contributed by atoms with van der Waals surface area (Å²) in [5, 5.41) is 9.25. The first-order valence-corrected chi connectivity index (χ1v) is 6.15. The Morgan fingerprint density at radius 3 is 2.75 bits per heavy atom. The first-order valence-electron chi connectivity index (χ1n) is 6.15. The summed E-state index contributed by atoms with van der Waals surface area (Å²) in [5.74, 6) is -1.36. The number of carbonyl (C=O) groups is 2. The molecule has 6 nitrogen and oxygen atoms in total. The highest BCUT2D eigenvalue weighted by atomic mass is 16.4. The molecule has 1 aromatic carbocycles. The van der Waals surface area contributed by atoms with Gasteiger partial charge in [-0.25, -0.2) is 4.79 Å². The topological polar surface area (TPSA) is 102 Å². The van der Waals surface area contributed by atoms with Gasteiger partial charge in [-0.2, -0.15) is 0 Å². The molecule has 0 amide bonds. The van der Waals surface area contributed by atoms with Crippen molar-refractivity contribution >= 4 is 28.3 Å². The van der Waals surface area contributed by atoms with Crippen LogP contribution in [0.1, 0.15) is 40.1 Å². The van der Waals surface area contributed by atoms with Gasteiger partial charge in [0.05, 0.1) is 10.9 Å². The van der Waals surface area contributed by atoms with E-state index >= 15 is 0 Å². The van der Waals surface area contributed by atoms with Gasteiger partial charge in [-0.05, 0) is 19.1 Å². The number of pyridine rings is 1. The van der Waals surface area contributed by atoms with Gasteiger partial charge >= 0.3 is 5.97 Å². The van der Waals surface area contributed by atoms with E-state index in [4.69, 9.17) is 10.8 Å². The van der Waals surface area contributed by atoms with Gasteiger partial charge in [-0.1, -0.05) is 0 Å². The summed E-state index contributed by atoms with van der Waals surface area (Å²) >= 11 is 0. The lowest BCUT2D eigenvalue weighted by atomic mass is 9.94. The molecule has 1 aromatic heterocycles. The number of nitrogen functional groups attached to an aromatic ring is 1. The molecule has 0 spiro atoms. The van der Waals surface area contributed by atoms with Crippen molar-refractivity contribution in [2.75, 3.05) is 5.73 Å². The predicted molar refractivity (Wildman–Crippen MR) is 73.2 cm³/mol. The molecule has 6 heteroatoms. The number of carboxylic acids is 1. The van der Waals surface area contributed by atoms with Crippen molar-refractivity contribution in [1.82, 2.24) is 4.57 Å². The Balaban J connectivity index is 2.60. The Labute approximate surface area is 113 Å². The van der Waals surface area contributed by atoms with Gasteiger partial charge in [0.2, 0.25) is 5.43 Å². The number of carbonyl (C=O) groups excluding carboxylic acids is 1. The van der Waals surface area contributed by atoms with Crippen molar-refractivity contribution in [1.29, 1.82) is 0 Å². The van der Waals surface area contributed by atoms with Crippen molar-refractivity contribution in [2.45, 2.75) is 19.4 Å². The highest BCUT2D eigenvalue weighted by Crippen LogP contribution is 2.32. The van der Waals surface area contributed by atoms with Gasteiger partial charge < -0.3 is 15.4 Å². The van der Waals surface area contributed by atoms with E-state index < -0.39 is 11.4 Å². The number of Topliss-reactive ketones (excluding diaryl/α,β-unsaturated/α-hetero) is 1. The molecular weight excluding hydrogens is 260 g/mol. The second-order valence-electron chi connectivity index (χ2n) is 4.99. The molecule has 1 aliphatic rings. The number of rotatable bonds is 1. The number of anilines is 1. The lowest BCUT2D eigenvalue weighted by molar-refractivity contribution is 0.0694. The van der Waals surface area contributed by atoms with Crippen LogP contribution in [0.2, 0.25) is 0 Å².